The van der Waals surface area contributed by atoms with E-state index in [1.54, 1.807) is 27.2 Å². The fourth-order valence-corrected chi connectivity index (χ4v) is 4.48. The second kappa shape index (κ2) is 8.45. The Balaban J connectivity index is 1.82. The lowest BCUT2D eigenvalue weighted by Crippen LogP contribution is -2.22. The molecule has 0 N–H and O–H groups in total. The predicted molar refractivity (Wildman–Crippen MR) is 122 cm³/mol. The third-order valence-electron chi connectivity index (χ3n) is 4.98. The molecule has 0 aliphatic carbocycles. The molecule has 1 atom stereocenters. The largest absolute Gasteiger partial charge is 0.305 e. The molecule has 30 heavy (non-hydrogen) atoms. The van der Waals surface area contributed by atoms with Gasteiger partial charge in [0, 0.05) is 18.8 Å². The zero-order valence-electron chi connectivity index (χ0n) is 17.6. The third kappa shape index (κ3) is 4.04. The van der Waals surface area contributed by atoms with Gasteiger partial charge in [-0.25, -0.2) is 4.98 Å². The van der Waals surface area contributed by atoms with E-state index in [9.17, 15) is 4.79 Å². The smallest absolute Gasteiger partial charge is 0.269 e. The molecular formula is C23H25N5OS. The monoisotopic (exact) mass is 419 g/mol. The minimum absolute atomic E-state index is 0.101. The van der Waals surface area contributed by atoms with E-state index in [0.717, 1.165) is 12.2 Å². The van der Waals surface area contributed by atoms with Crippen LogP contribution >= 0.6 is 11.8 Å². The molecule has 2 aromatic heterocycles. The zero-order valence-corrected chi connectivity index (χ0v) is 18.4. The molecule has 1 unspecified atom stereocenters. The Morgan fingerprint density at radius 3 is 2.43 bits per heavy atom. The van der Waals surface area contributed by atoms with Gasteiger partial charge in [-0.2, -0.15) is 5.10 Å². The molecule has 154 valence electrons. The average Bonchev–Trinajstić information content (AvgIpc) is 3.10. The van der Waals surface area contributed by atoms with Crippen molar-refractivity contribution < 1.29 is 0 Å². The molecule has 0 saturated heterocycles. The van der Waals surface area contributed by atoms with Gasteiger partial charge < -0.3 is 4.90 Å². The maximum absolute atomic E-state index is 13.4. The van der Waals surface area contributed by atoms with Crippen LogP contribution in [0, 0.1) is 0 Å². The first-order valence-corrected chi connectivity index (χ1v) is 10.7. The molecule has 7 heteroatoms. The Hall–Kier alpha value is -2.90. The van der Waals surface area contributed by atoms with E-state index in [-0.39, 0.29) is 10.8 Å². The average molecular weight is 420 g/mol. The second-order valence-electron chi connectivity index (χ2n) is 7.62. The van der Waals surface area contributed by atoms with Gasteiger partial charge in [-0.05, 0) is 44.3 Å². The summed E-state index contributed by atoms with van der Waals surface area (Å²) >= 11 is 1.58. The van der Waals surface area contributed by atoms with Crippen molar-refractivity contribution in [1.82, 2.24) is 24.2 Å². The first kappa shape index (κ1) is 20.4. The summed E-state index contributed by atoms with van der Waals surface area (Å²) in [5.74, 6) is 0. The number of nitrogens with zero attached hydrogens (tertiary/aromatic N) is 5. The highest BCUT2D eigenvalue weighted by Gasteiger charge is 2.19. The topological polar surface area (TPSA) is 56.0 Å². The van der Waals surface area contributed by atoms with E-state index in [2.05, 4.69) is 41.2 Å². The molecule has 0 aliphatic heterocycles. The lowest BCUT2D eigenvalue weighted by Gasteiger charge is -2.17. The van der Waals surface area contributed by atoms with E-state index in [1.165, 1.54) is 11.1 Å². The van der Waals surface area contributed by atoms with Gasteiger partial charge in [-0.15, -0.1) is 0 Å². The van der Waals surface area contributed by atoms with E-state index in [1.807, 2.05) is 51.5 Å². The van der Waals surface area contributed by atoms with Gasteiger partial charge in [-0.3, -0.25) is 14.0 Å². The van der Waals surface area contributed by atoms with Crippen LogP contribution in [0.15, 0.2) is 70.7 Å². The van der Waals surface area contributed by atoms with Crippen LogP contribution in [0.1, 0.15) is 23.3 Å². The normalized spacial score (nSPS) is 12.6. The third-order valence-corrected chi connectivity index (χ3v) is 6.09. The van der Waals surface area contributed by atoms with Crippen LogP contribution < -0.4 is 5.56 Å². The minimum Gasteiger partial charge on any atom is -0.305 e. The summed E-state index contributed by atoms with van der Waals surface area (Å²) in [6, 6.07) is 18.3. The Bertz CT molecular complexity index is 1210. The summed E-state index contributed by atoms with van der Waals surface area (Å²) in [5, 5.41) is 5.56. The van der Waals surface area contributed by atoms with E-state index in [4.69, 9.17) is 4.98 Å². The van der Waals surface area contributed by atoms with E-state index < -0.39 is 0 Å². The van der Waals surface area contributed by atoms with Gasteiger partial charge >= 0.3 is 0 Å². The molecule has 0 saturated carbocycles. The van der Waals surface area contributed by atoms with Gasteiger partial charge in [0.05, 0.1) is 11.9 Å². The van der Waals surface area contributed by atoms with Crippen molar-refractivity contribution in [2.24, 2.45) is 7.05 Å². The number of aromatic nitrogens is 4. The summed E-state index contributed by atoms with van der Waals surface area (Å²) in [5.41, 5.74) is 3.69. The first-order chi connectivity index (χ1) is 14.4. The fourth-order valence-electron chi connectivity index (χ4n) is 3.43. The second-order valence-corrected chi connectivity index (χ2v) is 8.92. The van der Waals surface area contributed by atoms with Crippen molar-refractivity contribution in [2.45, 2.75) is 23.9 Å². The number of hydrogen-bond donors (Lipinski definition) is 0. The molecule has 0 fully saturated rings. The molecule has 0 amide bonds. The van der Waals surface area contributed by atoms with Gasteiger partial charge in [0.1, 0.15) is 5.39 Å². The quantitative estimate of drug-likeness (QED) is 0.349. The number of benzene rings is 2. The van der Waals surface area contributed by atoms with Crippen LogP contribution in [0.5, 0.6) is 0 Å². The van der Waals surface area contributed by atoms with Gasteiger partial charge in [0.2, 0.25) is 0 Å². The van der Waals surface area contributed by atoms with Gasteiger partial charge in [0.25, 0.3) is 5.56 Å². The van der Waals surface area contributed by atoms with Crippen molar-refractivity contribution in [3.63, 3.8) is 0 Å². The highest BCUT2D eigenvalue weighted by molar-refractivity contribution is 7.99. The van der Waals surface area contributed by atoms with Gasteiger partial charge in [-0.1, -0.05) is 54.2 Å². The van der Waals surface area contributed by atoms with Crippen molar-refractivity contribution in [3.05, 3.63) is 82.3 Å². The van der Waals surface area contributed by atoms with Crippen LogP contribution in [0.4, 0.5) is 0 Å². The van der Waals surface area contributed by atoms with Crippen molar-refractivity contribution in [3.8, 4) is 5.69 Å². The highest BCUT2D eigenvalue weighted by Crippen LogP contribution is 2.34. The summed E-state index contributed by atoms with van der Waals surface area (Å²) in [4.78, 5) is 20.3. The van der Waals surface area contributed by atoms with Crippen LogP contribution in [-0.2, 0) is 13.6 Å². The van der Waals surface area contributed by atoms with Crippen LogP contribution in [0.25, 0.3) is 16.7 Å². The Morgan fingerprint density at radius 1 is 1.07 bits per heavy atom. The molecule has 2 aromatic carbocycles. The van der Waals surface area contributed by atoms with Crippen molar-refractivity contribution >= 4 is 22.8 Å². The van der Waals surface area contributed by atoms with Crippen molar-refractivity contribution in [1.29, 1.82) is 0 Å². The maximum Gasteiger partial charge on any atom is 0.269 e. The lowest BCUT2D eigenvalue weighted by atomic mass is 10.2. The van der Waals surface area contributed by atoms with Crippen LogP contribution in [0.2, 0.25) is 0 Å². The molecule has 0 spiro atoms. The molecule has 0 bridgehead atoms. The molecule has 0 aliphatic rings. The SMILES string of the molecule is CC(Sc1nc2c(cnn2C)c(=O)n1-c1ccc(CN(C)C)cc1)c1ccccc1. The first-order valence-electron chi connectivity index (χ1n) is 9.84. The Labute approximate surface area is 180 Å². The zero-order chi connectivity index (χ0) is 21.3. The van der Waals surface area contributed by atoms with Crippen molar-refractivity contribution in [2.75, 3.05) is 14.1 Å². The molecule has 2 heterocycles. The lowest BCUT2D eigenvalue weighted by molar-refractivity contribution is 0.402. The van der Waals surface area contributed by atoms with Gasteiger partial charge in [0.15, 0.2) is 10.8 Å². The maximum atomic E-state index is 13.4. The number of rotatable bonds is 6. The number of fused-ring (bicyclic) bond motifs is 1. The molecular weight excluding hydrogens is 394 g/mol. The molecule has 4 rings (SSSR count). The standard InChI is InChI=1S/C23H25N5OS/c1-16(18-8-6-5-7-9-18)30-23-25-21-20(14-24-27(21)4)22(29)28(23)19-12-10-17(11-13-19)15-26(2)3/h5-14,16H,15H2,1-4H3. The number of thioether (sulfide) groups is 1. The summed E-state index contributed by atoms with van der Waals surface area (Å²) in [6.45, 7) is 2.98. The number of hydrogen-bond acceptors (Lipinski definition) is 5. The fraction of sp³-hybridized carbons (Fsp3) is 0.261. The molecule has 4 aromatic rings. The van der Waals surface area contributed by atoms with E-state index in [0.29, 0.717) is 16.2 Å². The predicted octanol–water partition coefficient (Wildman–Crippen LogP) is 4.03. The molecule has 0 radical (unpaired) electrons. The summed E-state index contributed by atoms with van der Waals surface area (Å²) < 4.78 is 3.35. The summed E-state index contributed by atoms with van der Waals surface area (Å²) in [6.07, 6.45) is 1.59. The Morgan fingerprint density at radius 2 is 1.77 bits per heavy atom. The highest BCUT2D eigenvalue weighted by atomic mass is 32.2. The minimum atomic E-state index is -0.101. The number of aryl methyl sites for hydroxylation is 1. The summed E-state index contributed by atoms with van der Waals surface area (Å²) in [7, 11) is 5.89. The van der Waals surface area contributed by atoms with Crippen LogP contribution in [-0.4, -0.2) is 38.3 Å². The van der Waals surface area contributed by atoms with Crippen LogP contribution in [0.3, 0.4) is 0 Å². The van der Waals surface area contributed by atoms with E-state index >= 15 is 0 Å². The molecule has 6 nitrogen and oxygen atoms in total. The Kier molecular flexibility index (Phi) is 5.74.